The molecular weight excluding hydrogens is 300 g/mol. The van der Waals surface area contributed by atoms with Gasteiger partial charge in [0.1, 0.15) is 12.4 Å². The minimum absolute atomic E-state index is 0.229. The molecule has 1 atom stereocenters. The SMILES string of the molecule is CC(C[n+]1cn(C(C)C)c2ncccc21)n1cncc2ccnc1-2. The van der Waals surface area contributed by atoms with E-state index < -0.39 is 0 Å². The maximum absolute atomic E-state index is 4.56. The summed E-state index contributed by atoms with van der Waals surface area (Å²) < 4.78 is 6.62. The van der Waals surface area contributed by atoms with Crippen molar-refractivity contribution in [1.82, 2.24) is 24.1 Å². The quantitative estimate of drug-likeness (QED) is 0.543. The number of nitrogens with zero attached hydrogens (tertiary/aromatic N) is 6. The van der Waals surface area contributed by atoms with Crippen molar-refractivity contribution in [3.05, 3.63) is 49.4 Å². The first-order valence-electron chi connectivity index (χ1n) is 8.26. The zero-order valence-corrected chi connectivity index (χ0v) is 14.2. The van der Waals surface area contributed by atoms with Crippen molar-refractivity contribution < 1.29 is 4.57 Å². The van der Waals surface area contributed by atoms with Gasteiger partial charge in [0, 0.05) is 24.2 Å². The van der Waals surface area contributed by atoms with Crippen LogP contribution in [0.1, 0.15) is 32.9 Å². The molecule has 6 nitrogen and oxygen atoms in total. The standard InChI is InChI=1S/C18H21N6/c1-13(2)24-12-22(16-5-4-7-20-18(16)24)10-14(3)23-11-19-9-15-6-8-21-17(15)23/h4-9,11-14H,10H2,1-3H3/q+1. The van der Waals surface area contributed by atoms with E-state index in [4.69, 9.17) is 0 Å². The molecule has 0 saturated carbocycles. The number of pyridine rings is 1. The molecule has 0 bridgehead atoms. The smallest absolute Gasteiger partial charge is 0.268 e. The van der Waals surface area contributed by atoms with E-state index in [1.165, 1.54) is 0 Å². The van der Waals surface area contributed by atoms with Crippen molar-refractivity contribution in [3.63, 3.8) is 0 Å². The summed E-state index contributed by atoms with van der Waals surface area (Å²) in [6, 6.07) is 6.70. The molecule has 2 aromatic heterocycles. The van der Waals surface area contributed by atoms with Gasteiger partial charge < -0.3 is 4.57 Å². The minimum atomic E-state index is 0.229. The fourth-order valence-corrected chi connectivity index (χ4v) is 3.19. The predicted octanol–water partition coefficient (Wildman–Crippen LogP) is 2.86. The molecule has 6 heteroatoms. The van der Waals surface area contributed by atoms with E-state index in [1.807, 2.05) is 37.1 Å². The molecule has 0 saturated heterocycles. The van der Waals surface area contributed by atoms with E-state index >= 15 is 0 Å². The highest BCUT2D eigenvalue weighted by Crippen LogP contribution is 2.22. The second kappa shape index (κ2) is 5.70. The summed E-state index contributed by atoms with van der Waals surface area (Å²) >= 11 is 0. The first kappa shape index (κ1) is 14.8. The topological polar surface area (TPSA) is 52.4 Å². The molecule has 0 radical (unpaired) electrons. The van der Waals surface area contributed by atoms with Crippen LogP contribution in [0.15, 0.2) is 49.4 Å². The first-order chi connectivity index (χ1) is 11.6. The molecular formula is C18H21N6+. The van der Waals surface area contributed by atoms with Gasteiger partial charge in [0.15, 0.2) is 5.52 Å². The van der Waals surface area contributed by atoms with E-state index in [0.717, 1.165) is 29.1 Å². The Bertz CT molecular complexity index is 951. The lowest BCUT2D eigenvalue weighted by Crippen LogP contribution is -2.37. The van der Waals surface area contributed by atoms with E-state index in [1.54, 1.807) is 0 Å². The third-order valence-electron chi connectivity index (χ3n) is 4.43. The van der Waals surface area contributed by atoms with Crippen LogP contribution in [0.25, 0.3) is 22.6 Å². The third kappa shape index (κ3) is 2.35. The molecule has 1 unspecified atom stereocenters. The molecule has 0 fully saturated rings. The van der Waals surface area contributed by atoms with Crippen LogP contribution < -0.4 is 4.57 Å². The largest absolute Gasteiger partial charge is 0.310 e. The summed E-state index contributed by atoms with van der Waals surface area (Å²) in [5, 5.41) is 0. The molecule has 24 heavy (non-hydrogen) atoms. The molecule has 0 spiro atoms. The first-order valence-corrected chi connectivity index (χ1v) is 8.26. The van der Waals surface area contributed by atoms with E-state index in [2.05, 4.69) is 61.8 Å². The lowest BCUT2D eigenvalue weighted by Gasteiger charge is -2.16. The Morgan fingerprint density at radius 2 is 1.96 bits per heavy atom. The second-order valence-electron chi connectivity index (χ2n) is 6.49. The summed E-state index contributed by atoms with van der Waals surface area (Å²) in [6.07, 6.45) is 9.55. The Morgan fingerprint density at radius 1 is 1.08 bits per heavy atom. The van der Waals surface area contributed by atoms with Gasteiger partial charge in [0.2, 0.25) is 6.33 Å². The fraction of sp³-hybridized carbons (Fsp3) is 0.333. The third-order valence-corrected chi connectivity index (χ3v) is 4.43. The summed E-state index contributed by atoms with van der Waals surface area (Å²) in [4.78, 5) is 13.4. The van der Waals surface area contributed by atoms with Crippen LogP contribution in [0.4, 0.5) is 0 Å². The van der Waals surface area contributed by atoms with Crippen LogP contribution in [-0.2, 0) is 6.54 Å². The number of rotatable bonds is 4. The Balaban J connectivity index is 1.73. The molecule has 2 aromatic rings. The van der Waals surface area contributed by atoms with Crippen LogP contribution in [0.2, 0.25) is 0 Å². The molecule has 0 aromatic carbocycles. The van der Waals surface area contributed by atoms with Crippen LogP contribution in [-0.4, -0.2) is 24.1 Å². The highest BCUT2D eigenvalue weighted by atomic mass is 15.2. The zero-order valence-electron chi connectivity index (χ0n) is 14.2. The maximum atomic E-state index is 4.56. The van der Waals surface area contributed by atoms with E-state index in [-0.39, 0.29) is 6.04 Å². The van der Waals surface area contributed by atoms with Gasteiger partial charge in [-0.1, -0.05) is 0 Å². The Morgan fingerprint density at radius 3 is 2.79 bits per heavy atom. The van der Waals surface area contributed by atoms with E-state index in [9.17, 15) is 0 Å². The van der Waals surface area contributed by atoms with E-state index in [0.29, 0.717) is 6.04 Å². The summed E-state index contributed by atoms with van der Waals surface area (Å²) in [6.45, 7) is 7.38. The van der Waals surface area contributed by atoms with Crippen molar-refractivity contribution in [2.24, 2.45) is 0 Å². The minimum Gasteiger partial charge on any atom is -0.310 e. The normalized spacial score (nSPS) is 13.2. The fourth-order valence-electron chi connectivity index (χ4n) is 3.19. The van der Waals surface area contributed by atoms with Crippen LogP contribution in [0, 0.1) is 0 Å². The van der Waals surface area contributed by atoms with Crippen molar-refractivity contribution in [3.8, 4) is 11.4 Å². The average Bonchev–Trinajstić information content (AvgIpc) is 3.19. The Labute approximate surface area is 140 Å². The number of aromatic nitrogens is 6. The molecule has 0 amide bonds. The summed E-state index contributed by atoms with van der Waals surface area (Å²) in [5.74, 6) is 0.976. The van der Waals surface area contributed by atoms with Crippen molar-refractivity contribution in [2.75, 3.05) is 0 Å². The Hall–Kier alpha value is -2.76. The second-order valence-corrected chi connectivity index (χ2v) is 6.49. The molecule has 0 aliphatic carbocycles. The molecule has 4 rings (SSSR count). The van der Waals surface area contributed by atoms with Crippen LogP contribution in [0.5, 0.6) is 0 Å². The van der Waals surface area contributed by atoms with Crippen LogP contribution >= 0.6 is 0 Å². The lowest BCUT2D eigenvalue weighted by atomic mass is 10.2. The molecule has 122 valence electrons. The van der Waals surface area contributed by atoms with Gasteiger partial charge in [-0.05, 0) is 39.0 Å². The van der Waals surface area contributed by atoms with Crippen LogP contribution in [0.3, 0.4) is 0 Å². The van der Waals surface area contributed by atoms with Gasteiger partial charge in [-0.25, -0.2) is 24.1 Å². The zero-order chi connectivity index (χ0) is 16.7. The predicted molar refractivity (Wildman–Crippen MR) is 91.7 cm³/mol. The molecule has 4 heterocycles. The van der Waals surface area contributed by atoms with Gasteiger partial charge in [0.25, 0.3) is 5.65 Å². The highest BCUT2D eigenvalue weighted by Gasteiger charge is 2.22. The molecule has 2 aliphatic rings. The molecule has 2 aliphatic heterocycles. The van der Waals surface area contributed by atoms with Gasteiger partial charge in [-0.3, -0.25) is 0 Å². The summed E-state index contributed by atoms with van der Waals surface area (Å²) in [5.41, 5.74) is 3.24. The summed E-state index contributed by atoms with van der Waals surface area (Å²) in [7, 11) is 0. The van der Waals surface area contributed by atoms with Gasteiger partial charge in [0.05, 0.1) is 18.4 Å². The van der Waals surface area contributed by atoms with Gasteiger partial charge in [-0.2, -0.15) is 0 Å². The number of fused-ring (bicyclic) bond motifs is 2. The monoisotopic (exact) mass is 321 g/mol. The van der Waals surface area contributed by atoms with Gasteiger partial charge in [-0.15, -0.1) is 0 Å². The van der Waals surface area contributed by atoms with Crippen molar-refractivity contribution in [2.45, 2.75) is 39.4 Å². The van der Waals surface area contributed by atoms with Crippen molar-refractivity contribution in [1.29, 1.82) is 0 Å². The number of hydrogen-bond donors (Lipinski definition) is 0. The average molecular weight is 321 g/mol. The van der Waals surface area contributed by atoms with Gasteiger partial charge >= 0.3 is 0 Å². The maximum Gasteiger partial charge on any atom is 0.268 e. The number of imidazole rings is 1. The Kier molecular flexibility index (Phi) is 3.52. The molecule has 0 N–H and O–H groups in total. The number of hydrogen-bond acceptors (Lipinski definition) is 3. The lowest BCUT2D eigenvalue weighted by molar-refractivity contribution is -0.676. The highest BCUT2D eigenvalue weighted by molar-refractivity contribution is 5.66. The van der Waals surface area contributed by atoms with Crippen molar-refractivity contribution >= 4 is 11.2 Å².